The van der Waals surface area contributed by atoms with Crippen LogP contribution in [0.5, 0.6) is 11.5 Å². The molecule has 0 saturated carbocycles. The van der Waals surface area contributed by atoms with E-state index in [9.17, 15) is 9.90 Å². The van der Waals surface area contributed by atoms with E-state index in [0.717, 1.165) is 11.3 Å². The van der Waals surface area contributed by atoms with E-state index in [0.29, 0.717) is 5.75 Å². The fourth-order valence-electron chi connectivity index (χ4n) is 2.12. The van der Waals surface area contributed by atoms with Gasteiger partial charge in [0.1, 0.15) is 17.0 Å². The Hall–Kier alpha value is -2.37. The number of rotatable bonds is 6. The summed E-state index contributed by atoms with van der Waals surface area (Å²) in [5, 5.41) is 11.9. The highest BCUT2D eigenvalue weighted by molar-refractivity contribution is 5.86. The van der Waals surface area contributed by atoms with Crippen molar-refractivity contribution in [2.45, 2.75) is 12.0 Å². The van der Waals surface area contributed by atoms with E-state index in [2.05, 4.69) is 5.32 Å². The third kappa shape index (κ3) is 3.84. The maximum absolute atomic E-state index is 11.8. The van der Waals surface area contributed by atoms with Gasteiger partial charge in [-0.1, -0.05) is 30.3 Å². The molecule has 1 atom stereocenters. The molecule has 5 heteroatoms. The lowest BCUT2D eigenvalue weighted by atomic mass is 9.91. The minimum atomic E-state index is -1.32. The predicted molar refractivity (Wildman–Crippen MR) is 84.7 cm³/mol. The Balaban J connectivity index is 2.07. The molecule has 0 heterocycles. The standard InChI is InChI=1S/C17H20N2O3/c1-19-16(21)17(18,12-20)11-13-7-9-15(10-8-13)22-14-5-3-2-4-6-14/h2-10,20H,11-12,18H2,1H3,(H,19,21). The molecule has 4 N–H and O–H groups in total. The first-order valence-corrected chi connectivity index (χ1v) is 7.01. The number of carbonyl (C=O) groups excluding carboxylic acids is 1. The molecular weight excluding hydrogens is 280 g/mol. The third-order valence-corrected chi connectivity index (χ3v) is 3.38. The molecule has 0 fully saturated rings. The molecule has 1 amide bonds. The second-order valence-electron chi connectivity index (χ2n) is 5.13. The van der Waals surface area contributed by atoms with Crippen molar-refractivity contribution in [3.8, 4) is 11.5 Å². The Kier molecular flexibility index (Phi) is 5.14. The van der Waals surface area contributed by atoms with Gasteiger partial charge in [0.2, 0.25) is 5.91 Å². The van der Waals surface area contributed by atoms with Gasteiger partial charge in [-0.05, 0) is 29.8 Å². The molecule has 0 radical (unpaired) electrons. The summed E-state index contributed by atoms with van der Waals surface area (Å²) in [7, 11) is 1.50. The zero-order valence-electron chi connectivity index (χ0n) is 12.5. The van der Waals surface area contributed by atoms with Crippen LogP contribution in [0, 0.1) is 0 Å². The first-order chi connectivity index (χ1) is 10.6. The van der Waals surface area contributed by atoms with Crippen LogP contribution in [0.2, 0.25) is 0 Å². The van der Waals surface area contributed by atoms with Crippen LogP contribution in [0.1, 0.15) is 5.56 Å². The second kappa shape index (κ2) is 7.06. The summed E-state index contributed by atoms with van der Waals surface area (Å²) in [5.41, 5.74) is 5.48. The Morgan fingerprint density at radius 2 is 1.73 bits per heavy atom. The Labute approximate surface area is 129 Å². The largest absolute Gasteiger partial charge is 0.457 e. The van der Waals surface area contributed by atoms with Crippen LogP contribution in [0.15, 0.2) is 54.6 Å². The average Bonchev–Trinajstić information content (AvgIpc) is 2.56. The quantitative estimate of drug-likeness (QED) is 0.754. The maximum Gasteiger partial charge on any atom is 0.242 e. The lowest BCUT2D eigenvalue weighted by Crippen LogP contribution is -2.57. The van der Waals surface area contributed by atoms with Gasteiger partial charge in [-0.3, -0.25) is 4.79 Å². The van der Waals surface area contributed by atoms with Crippen LogP contribution in [-0.2, 0) is 11.2 Å². The average molecular weight is 300 g/mol. The second-order valence-corrected chi connectivity index (χ2v) is 5.13. The molecule has 2 aromatic carbocycles. The van der Waals surface area contributed by atoms with Crippen molar-refractivity contribution in [1.29, 1.82) is 0 Å². The normalized spacial score (nSPS) is 13.2. The highest BCUT2D eigenvalue weighted by atomic mass is 16.5. The van der Waals surface area contributed by atoms with E-state index in [1.165, 1.54) is 7.05 Å². The summed E-state index contributed by atoms with van der Waals surface area (Å²) in [6.07, 6.45) is 0.245. The number of para-hydroxylation sites is 1. The van der Waals surface area contributed by atoms with Gasteiger partial charge in [0.25, 0.3) is 0 Å². The van der Waals surface area contributed by atoms with E-state index in [-0.39, 0.29) is 12.3 Å². The minimum absolute atomic E-state index is 0.245. The van der Waals surface area contributed by atoms with Crippen molar-refractivity contribution in [2.75, 3.05) is 13.7 Å². The Morgan fingerprint density at radius 1 is 1.14 bits per heavy atom. The number of nitrogens with one attached hydrogen (secondary N) is 1. The lowest BCUT2D eigenvalue weighted by Gasteiger charge is -2.25. The van der Waals surface area contributed by atoms with Crippen LogP contribution in [0.25, 0.3) is 0 Å². The first kappa shape index (κ1) is 16.0. The van der Waals surface area contributed by atoms with E-state index in [4.69, 9.17) is 10.5 Å². The van der Waals surface area contributed by atoms with Crippen LogP contribution < -0.4 is 15.8 Å². The lowest BCUT2D eigenvalue weighted by molar-refractivity contribution is -0.127. The molecule has 0 aliphatic heterocycles. The Morgan fingerprint density at radius 3 is 2.27 bits per heavy atom. The molecular formula is C17H20N2O3. The third-order valence-electron chi connectivity index (χ3n) is 3.38. The predicted octanol–water partition coefficient (Wildman–Crippen LogP) is 1.46. The molecule has 0 saturated heterocycles. The summed E-state index contributed by atoms with van der Waals surface area (Å²) >= 11 is 0. The highest BCUT2D eigenvalue weighted by Crippen LogP contribution is 2.22. The summed E-state index contributed by atoms with van der Waals surface area (Å²) < 4.78 is 5.70. The summed E-state index contributed by atoms with van der Waals surface area (Å²) in [6, 6.07) is 16.7. The summed E-state index contributed by atoms with van der Waals surface area (Å²) in [4.78, 5) is 11.8. The molecule has 0 aromatic heterocycles. The first-order valence-electron chi connectivity index (χ1n) is 7.01. The SMILES string of the molecule is CNC(=O)C(N)(CO)Cc1ccc(Oc2ccccc2)cc1. The van der Waals surface area contributed by atoms with Gasteiger partial charge in [0.05, 0.1) is 6.61 Å². The smallest absolute Gasteiger partial charge is 0.242 e. The maximum atomic E-state index is 11.8. The van der Waals surface area contributed by atoms with E-state index in [1.807, 2.05) is 54.6 Å². The van der Waals surface area contributed by atoms with E-state index < -0.39 is 12.1 Å². The van der Waals surface area contributed by atoms with Gasteiger partial charge >= 0.3 is 0 Å². The molecule has 2 aromatic rings. The van der Waals surface area contributed by atoms with Gasteiger partial charge in [-0.15, -0.1) is 0 Å². The zero-order chi connectivity index (χ0) is 16.0. The van der Waals surface area contributed by atoms with Gasteiger partial charge in [0.15, 0.2) is 0 Å². The topological polar surface area (TPSA) is 84.6 Å². The number of likely N-dealkylation sites (N-methyl/N-ethyl adjacent to an activating group) is 1. The molecule has 0 bridgehead atoms. The number of hydrogen-bond acceptors (Lipinski definition) is 4. The van der Waals surface area contributed by atoms with Crippen LogP contribution in [0.3, 0.4) is 0 Å². The Bertz CT molecular complexity index is 614. The van der Waals surface area contributed by atoms with Crippen molar-refractivity contribution in [1.82, 2.24) is 5.32 Å². The highest BCUT2D eigenvalue weighted by Gasteiger charge is 2.32. The molecule has 2 rings (SSSR count). The van der Waals surface area contributed by atoms with Crippen molar-refractivity contribution in [2.24, 2.45) is 5.73 Å². The fraction of sp³-hybridized carbons (Fsp3) is 0.235. The summed E-state index contributed by atoms with van der Waals surface area (Å²) in [5.74, 6) is 1.06. The van der Waals surface area contributed by atoms with Crippen LogP contribution in [-0.4, -0.2) is 30.2 Å². The van der Waals surface area contributed by atoms with Gasteiger partial charge in [-0.25, -0.2) is 0 Å². The van der Waals surface area contributed by atoms with Gasteiger partial charge in [-0.2, -0.15) is 0 Å². The van der Waals surface area contributed by atoms with Gasteiger partial charge in [0, 0.05) is 13.5 Å². The van der Waals surface area contributed by atoms with Crippen molar-refractivity contribution < 1.29 is 14.6 Å². The van der Waals surface area contributed by atoms with E-state index in [1.54, 1.807) is 0 Å². The fourth-order valence-corrected chi connectivity index (χ4v) is 2.12. The van der Waals surface area contributed by atoms with Crippen molar-refractivity contribution >= 4 is 5.91 Å². The van der Waals surface area contributed by atoms with Crippen LogP contribution in [0.4, 0.5) is 0 Å². The number of nitrogens with two attached hydrogens (primary N) is 1. The number of aliphatic hydroxyl groups excluding tert-OH is 1. The monoisotopic (exact) mass is 300 g/mol. The van der Waals surface area contributed by atoms with Crippen molar-refractivity contribution in [3.63, 3.8) is 0 Å². The number of hydrogen-bond donors (Lipinski definition) is 3. The molecule has 1 unspecified atom stereocenters. The number of amides is 1. The van der Waals surface area contributed by atoms with Crippen molar-refractivity contribution in [3.05, 3.63) is 60.2 Å². The van der Waals surface area contributed by atoms with Gasteiger partial charge < -0.3 is 20.9 Å². The number of benzene rings is 2. The molecule has 116 valence electrons. The number of carbonyl (C=O) groups is 1. The van der Waals surface area contributed by atoms with Crippen LogP contribution >= 0.6 is 0 Å². The summed E-state index contributed by atoms with van der Waals surface area (Å²) in [6.45, 7) is -0.422. The van der Waals surface area contributed by atoms with E-state index >= 15 is 0 Å². The molecule has 22 heavy (non-hydrogen) atoms. The molecule has 5 nitrogen and oxygen atoms in total. The molecule has 0 aliphatic rings. The zero-order valence-corrected chi connectivity index (χ0v) is 12.5. The minimum Gasteiger partial charge on any atom is -0.457 e. The number of aliphatic hydroxyl groups is 1. The molecule has 0 spiro atoms. The number of ether oxygens (including phenoxy) is 1. The molecule has 0 aliphatic carbocycles.